The predicted molar refractivity (Wildman–Crippen MR) is 53.3 cm³/mol. The van der Waals surface area contributed by atoms with Crippen LogP contribution in [0.1, 0.15) is 0 Å². The summed E-state index contributed by atoms with van der Waals surface area (Å²) < 4.78 is 0. The van der Waals surface area contributed by atoms with Crippen molar-refractivity contribution >= 4 is 35.7 Å². The van der Waals surface area contributed by atoms with Crippen molar-refractivity contribution in [3.8, 4) is 0 Å². The van der Waals surface area contributed by atoms with Crippen molar-refractivity contribution in [1.82, 2.24) is 21.3 Å². The Morgan fingerprint density at radius 2 is 0.750 bits per heavy atom. The Bertz CT molecular complexity index is 503. The van der Waals surface area contributed by atoms with Crippen LogP contribution < -0.4 is 21.3 Å². The molecule has 2 fully saturated rings. The molecule has 0 radical (unpaired) electrons. The van der Waals surface area contributed by atoms with E-state index in [0.717, 1.165) is 0 Å². The molecule has 2 aliphatic rings. The van der Waals surface area contributed by atoms with Crippen LogP contribution >= 0.6 is 0 Å². The van der Waals surface area contributed by atoms with Gasteiger partial charge in [-0.05, 0) is 0 Å². The first kappa shape index (κ1) is 13.6. The Balaban J connectivity index is 2.57. The van der Waals surface area contributed by atoms with Crippen molar-refractivity contribution in [2.45, 2.75) is 11.2 Å². The first-order valence-electron chi connectivity index (χ1n) is 4.92. The average molecular weight is 286 g/mol. The zero-order valence-corrected chi connectivity index (χ0v) is 9.34. The second kappa shape index (κ2) is 3.82. The van der Waals surface area contributed by atoms with Crippen LogP contribution in [0.15, 0.2) is 0 Å². The zero-order chi connectivity index (χ0) is 15.3. The van der Waals surface area contributed by atoms with Gasteiger partial charge in [0.05, 0.1) is 0 Å². The molecule has 2 aliphatic heterocycles. The summed E-state index contributed by atoms with van der Waals surface area (Å²) in [5.41, 5.74) is -7.26. The third kappa shape index (κ3) is 1.42. The van der Waals surface area contributed by atoms with E-state index in [4.69, 9.17) is 0 Å². The van der Waals surface area contributed by atoms with Crippen LogP contribution in [0.5, 0.6) is 0 Å². The smallest absolute Gasteiger partial charge is 0.328 e. The Labute approximate surface area is 108 Å². The van der Waals surface area contributed by atoms with E-state index in [1.807, 2.05) is 0 Å². The maximum absolute atomic E-state index is 11.6. The molecule has 12 nitrogen and oxygen atoms in total. The molecule has 2 rings (SSSR count). The van der Waals surface area contributed by atoms with Gasteiger partial charge in [-0.2, -0.15) is 0 Å². The summed E-state index contributed by atoms with van der Waals surface area (Å²) in [7, 11) is 0. The second-order valence-electron chi connectivity index (χ2n) is 3.90. The summed E-state index contributed by atoms with van der Waals surface area (Å²) in [6.07, 6.45) is 0. The van der Waals surface area contributed by atoms with E-state index >= 15 is 0 Å². The number of carbonyl (C=O) groups excluding carboxylic acids is 6. The molecule has 12 heteroatoms. The van der Waals surface area contributed by atoms with Gasteiger partial charge in [0.25, 0.3) is 34.8 Å². The van der Waals surface area contributed by atoms with E-state index in [2.05, 4.69) is 0 Å². The topological polar surface area (TPSA) is 191 Å². The number of imide groups is 4. The third-order valence-electron chi connectivity index (χ3n) is 2.75. The maximum Gasteiger partial charge on any atom is 0.328 e. The molecule has 0 saturated carbocycles. The minimum absolute atomic E-state index is 1.32. The molecule has 2 saturated heterocycles. The SMILES string of the molecule is O=C1NC(=O)C(O)(C2(O)C(=O)NC(=O)NC2=O)C(=O)N1. The van der Waals surface area contributed by atoms with Crippen LogP contribution in [0.25, 0.3) is 0 Å². The van der Waals surface area contributed by atoms with Gasteiger partial charge in [-0.3, -0.25) is 40.4 Å². The number of urea groups is 2. The number of hydrogen-bond acceptors (Lipinski definition) is 8. The Morgan fingerprint density at radius 1 is 0.550 bits per heavy atom. The standard InChI is InChI=1S/C8H6N4O8/c13-1-7(19,2(14)10-5(17)9-1)8(20)3(15)11-6(18)12-4(8)16/h19-20H,(H2,9,10,13,14,17)(H2,11,12,15,16,18). The Hall–Kier alpha value is -2.86. The quantitative estimate of drug-likeness (QED) is 0.258. The van der Waals surface area contributed by atoms with Crippen LogP contribution in [-0.2, 0) is 19.2 Å². The largest absolute Gasteiger partial charge is 0.369 e. The highest BCUT2D eigenvalue weighted by Crippen LogP contribution is 2.27. The van der Waals surface area contributed by atoms with Gasteiger partial charge >= 0.3 is 12.1 Å². The van der Waals surface area contributed by atoms with Crippen molar-refractivity contribution in [1.29, 1.82) is 0 Å². The van der Waals surface area contributed by atoms with Crippen molar-refractivity contribution in [3.63, 3.8) is 0 Å². The second-order valence-corrected chi connectivity index (χ2v) is 3.90. The molecule has 8 amide bonds. The summed E-state index contributed by atoms with van der Waals surface area (Å²) in [6, 6.07) is -2.64. The minimum Gasteiger partial charge on any atom is -0.369 e. The molecule has 0 unspecified atom stereocenters. The maximum atomic E-state index is 11.6. The lowest BCUT2D eigenvalue weighted by atomic mass is 9.77. The fourth-order valence-electron chi connectivity index (χ4n) is 1.70. The van der Waals surface area contributed by atoms with Gasteiger partial charge in [-0.15, -0.1) is 0 Å². The number of carbonyl (C=O) groups is 6. The van der Waals surface area contributed by atoms with Gasteiger partial charge in [0.15, 0.2) is 0 Å². The Morgan fingerprint density at radius 3 is 0.950 bits per heavy atom. The number of rotatable bonds is 1. The molecule has 6 N–H and O–H groups in total. The fourth-order valence-corrected chi connectivity index (χ4v) is 1.70. The molecule has 106 valence electrons. The van der Waals surface area contributed by atoms with E-state index in [0.29, 0.717) is 0 Å². The van der Waals surface area contributed by atoms with Gasteiger partial charge in [-0.25, -0.2) is 9.59 Å². The van der Waals surface area contributed by atoms with Crippen LogP contribution in [0.4, 0.5) is 9.59 Å². The van der Waals surface area contributed by atoms with Crippen molar-refractivity contribution < 1.29 is 39.0 Å². The van der Waals surface area contributed by atoms with Crippen molar-refractivity contribution in [3.05, 3.63) is 0 Å². The van der Waals surface area contributed by atoms with E-state index < -0.39 is 46.9 Å². The molecule has 0 aromatic heterocycles. The molecule has 0 bridgehead atoms. The zero-order valence-electron chi connectivity index (χ0n) is 9.34. The number of amides is 8. The fraction of sp³-hybridized carbons (Fsp3) is 0.250. The van der Waals surface area contributed by atoms with Gasteiger partial charge < -0.3 is 10.2 Å². The normalized spacial score (nSPS) is 24.5. The van der Waals surface area contributed by atoms with E-state index in [1.54, 1.807) is 0 Å². The number of nitrogens with one attached hydrogen (secondary N) is 4. The highest BCUT2D eigenvalue weighted by Gasteiger charge is 2.72. The van der Waals surface area contributed by atoms with Crippen molar-refractivity contribution in [2.24, 2.45) is 0 Å². The van der Waals surface area contributed by atoms with E-state index in [1.165, 1.54) is 21.3 Å². The van der Waals surface area contributed by atoms with Gasteiger partial charge in [0.1, 0.15) is 0 Å². The van der Waals surface area contributed by atoms with Crippen LogP contribution in [0, 0.1) is 0 Å². The summed E-state index contributed by atoms with van der Waals surface area (Å²) >= 11 is 0. The number of aliphatic hydroxyl groups is 2. The third-order valence-corrected chi connectivity index (χ3v) is 2.75. The van der Waals surface area contributed by atoms with E-state index in [9.17, 15) is 39.0 Å². The minimum atomic E-state index is -3.63. The summed E-state index contributed by atoms with van der Waals surface area (Å²) in [5.74, 6) is -7.19. The van der Waals surface area contributed by atoms with E-state index in [-0.39, 0.29) is 0 Å². The monoisotopic (exact) mass is 286 g/mol. The van der Waals surface area contributed by atoms with Crippen LogP contribution in [-0.4, -0.2) is 57.1 Å². The van der Waals surface area contributed by atoms with Gasteiger partial charge in [-0.1, -0.05) is 0 Å². The molecule has 2 heterocycles. The highest BCUT2D eigenvalue weighted by atomic mass is 16.4. The molecule has 0 aromatic carbocycles. The first-order chi connectivity index (χ1) is 9.13. The molecular weight excluding hydrogens is 280 g/mol. The van der Waals surface area contributed by atoms with Gasteiger partial charge in [0, 0.05) is 0 Å². The summed E-state index contributed by atoms with van der Waals surface area (Å²) in [5, 5.41) is 25.6. The average Bonchev–Trinajstić information content (AvgIpc) is 2.32. The molecular formula is C8H6N4O8. The Kier molecular flexibility index (Phi) is 2.59. The molecule has 0 atom stereocenters. The van der Waals surface area contributed by atoms with Crippen LogP contribution in [0.3, 0.4) is 0 Å². The van der Waals surface area contributed by atoms with Crippen molar-refractivity contribution in [2.75, 3.05) is 0 Å². The van der Waals surface area contributed by atoms with Crippen LogP contribution in [0.2, 0.25) is 0 Å². The first-order valence-corrected chi connectivity index (χ1v) is 4.92. The summed E-state index contributed by atoms with van der Waals surface area (Å²) in [6.45, 7) is 0. The predicted octanol–water partition coefficient (Wildman–Crippen LogP) is -4.82. The lowest BCUT2D eigenvalue weighted by Crippen LogP contribution is -2.84. The molecule has 0 spiro atoms. The number of barbiturate groups is 2. The van der Waals surface area contributed by atoms with Gasteiger partial charge in [0.2, 0.25) is 0 Å². The lowest BCUT2D eigenvalue weighted by Gasteiger charge is -2.40. The molecule has 0 aromatic rings. The number of hydrogen-bond donors (Lipinski definition) is 6. The lowest BCUT2D eigenvalue weighted by molar-refractivity contribution is -0.195. The summed E-state index contributed by atoms with van der Waals surface area (Å²) in [4.78, 5) is 68.0. The molecule has 20 heavy (non-hydrogen) atoms. The molecule has 0 aliphatic carbocycles. The highest BCUT2D eigenvalue weighted by molar-refractivity contribution is 6.33.